The van der Waals surface area contributed by atoms with Gasteiger partial charge in [0.25, 0.3) is 5.91 Å². The van der Waals surface area contributed by atoms with Crippen molar-refractivity contribution in [1.82, 2.24) is 9.62 Å². The van der Waals surface area contributed by atoms with Gasteiger partial charge in [-0.25, -0.2) is 8.42 Å². The van der Waals surface area contributed by atoms with Gasteiger partial charge in [-0.2, -0.15) is 4.31 Å². The highest BCUT2D eigenvalue weighted by Gasteiger charge is 2.23. The quantitative estimate of drug-likeness (QED) is 0.633. The minimum absolute atomic E-state index is 0.140. The van der Waals surface area contributed by atoms with Crippen molar-refractivity contribution in [3.63, 3.8) is 0 Å². The first-order valence-corrected chi connectivity index (χ1v) is 12.1. The van der Waals surface area contributed by atoms with E-state index in [1.807, 2.05) is 24.3 Å². The number of sulfonamides is 1. The fourth-order valence-electron chi connectivity index (χ4n) is 3.22. The minimum Gasteiger partial charge on any atom is -0.496 e. The van der Waals surface area contributed by atoms with Crippen molar-refractivity contribution < 1.29 is 17.9 Å². The summed E-state index contributed by atoms with van der Waals surface area (Å²) in [5, 5.41) is 6.14. The van der Waals surface area contributed by atoms with E-state index in [1.54, 1.807) is 12.1 Å². The molecule has 1 fully saturated rings. The lowest BCUT2D eigenvalue weighted by Crippen LogP contribution is -2.48. The SMILES string of the molecule is COc1ccc(Cl)cc1C(=O)NC(=S)Nc1ccc(N2CCN(S(C)(=O)=O)CC2)cc1. The van der Waals surface area contributed by atoms with Crippen LogP contribution in [0.25, 0.3) is 0 Å². The lowest BCUT2D eigenvalue weighted by atomic mass is 10.2. The molecule has 2 N–H and O–H groups in total. The number of methoxy groups -OCH3 is 1. The number of nitrogens with one attached hydrogen (secondary N) is 2. The van der Waals surface area contributed by atoms with Crippen LogP contribution in [0.1, 0.15) is 10.4 Å². The summed E-state index contributed by atoms with van der Waals surface area (Å²) < 4.78 is 30.0. The van der Waals surface area contributed by atoms with Crippen molar-refractivity contribution in [3.8, 4) is 5.75 Å². The van der Waals surface area contributed by atoms with E-state index in [4.69, 9.17) is 28.6 Å². The summed E-state index contributed by atoms with van der Waals surface area (Å²) in [5.41, 5.74) is 1.97. The molecule has 3 rings (SSSR count). The highest BCUT2D eigenvalue weighted by Crippen LogP contribution is 2.23. The van der Waals surface area contributed by atoms with Gasteiger partial charge in [0.1, 0.15) is 5.75 Å². The number of piperazine rings is 1. The van der Waals surface area contributed by atoms with Gasteiger partial charge >= 0.3 is 0 Å². The zero-order chi connectivity index (χ0) is 22.6. The van der Waals surface area contributed by atoms with E-state index >= 15 is 0 Å². The second kappa shape index (κ2) is 9.82. The topological polar surface area (TPSA) is 91.0 Å². The molecule has 0 saturated carbocycles. The maximum absolute atomic E-state index is 12.5. The number of hydrogen-bond donors (Lipinski definition) is 2. The summed E-state index contributed by atoms with van der Waals surface area (Å²) in [7, 11) is -1.68. The summed E-state index contributed by atoms with van der Waals surface area (Å²) >= 11 is 11.2. The second-order valence-corrected chi connectivity index (χ2v) is 9.78. The maximum atomic E-state index is 12.5. The fraction of sp³-hybridized carbons (Fsp3) is 0.300. The molecule has 0 atom stereocenters. The second-order valence-electron chi connectivity index (χ2n) is 6.95. The maximum Gasteiger partial charge on any atom is 0.261 e. The number of carbonyl (C=O) groups excluding carboxylic acids is 1. The normalized spacial score (nSPS) is 14.7. The van der Waals surface area contributed by atoms with Crippen LogP contribution in [-0.2, 0) is 10.0 Å². The lowest BCUT2D eigenvalue weighted by molar-refractivity contribution is 0.0974. The van der Waals surface area contributed by atoms with E-state index in [1.165, 1.54) is 23.7 Å². The molecular formula is C20H23ClN4O4S2. The van der Waals surface area contributed by atoms with E-state index in [0.29, 0.717) is 42.6 Å². The Morgan fingerprint density at radius 2 is 1.74 bits per heavy atom. The van der Waals surface area contributed by atoms with Gasteiger partial charge in [0.15, 0.2) is 5.11 Å². The Morgan fingerprint density at radius 3 is 2.32 bits per heavy atom. The van der Waals surface area contributed by atoms with E-state index in [2.05, 4.69) is 15.5 Å². The van der Waals surface area contributed by atoms with Gasteiger partial charge in [-0.05, 0) is 54.7 Å². The third-order valence-electron chi connectivity index (χ3n) is 4.83. The number of benzene rings is 2. The average molecular weight is 483 g/mol. The van der Waals surface area contributed by atoms with E-state index in [-0.39, 0.29) is 10.7 Å². The molecule has 0 bridgehead atoms. The third-order valence-corrected chi connectivity index (χ3v) is 6.57. The highest BCUT2D eigenvalue weighted by molar-refractivity contribution is 7.88. The van der Waals surface area contributed by atoms with Crippen LogP contribution in [0.3, 0.4) is 0 Å². The molecule has 11 heteroatoms. The Labute approximate surface area is 192 Å². The lowest BCUT2D eigenvalue weighted by Gasteiger charge is -2.34. The molecule has 1 saturated heterocycles. The number of rotatable bonds is 5. The van der Waals surface area contributed by atoms with Crippen LogP contribution < -0.4 is 20.3 Å². The number of hydrogen-bond acceptors (Lipinski definition) is 6. The number of ether oxygens (including phenoxy) is 1. The predicted molar refractivity (Wildman–Crippen MR) is 127 cm³/mol. The van der Waals surface area contributed by atoms with Crippen molar-refractivity contribution in [2.24, 2.45) is 0 Å². The van der Waals surface area contributed by atoms with Gasteiger partial charge < -0.3 is 15.0 Å². The zero-order valence-electron chi connectivity index (χ0n) is 17.1. The van der Waals surface area contributed by atoms with Crippen LogP contribution in [0.15, 0.2) is 42.5 Å². The molecule has 0 aliphatic carbocycles. The van der Waals surface area contributed by atoms with E-state index < -0.39 is 15.9 Å². The van der Waals surface area contributed by atoms with Crippen molar-refractivity contribution in [2.45, 2.75) is 0 Å². The number of amides is 1. The standard InChI is InChI=1S/C20H23ClN4O4S2/c1-29-18-8-3-14(21)13-17(18)19(26)23-20(30)22-15-4-6-16(7-5-15)24-9-11-25(12-10-24)31(2,27)28/h3-8,13H,9-12H2,1-2H3,(H2,22,23,26,30). The molecule has 1 aliphatic heterocycles. The van der Waals surface area contributed by atoms with Crippen LogP contribution in [0.2, 0.25) is 5.02 Å². The largest absolute Gasteiger partial charge is 0.496 e. The molecule has 0 radical (unpaired) electrons. The van der Waals surface area contributed by atoms with Crippen LogP contribution in [-0.4, -0.2) is 63.3 Å². The minimum atomic E-state index is -3.16. The van der Waals surface area contributed by atoms with Crippen LogP contribution in [0.5, 0.6) is 5.75 Å². The molecule has 166 valence electrons. The third kappa shape index (κ3) is 6.07. The molecular weight excluding hydrogens is 460 g/mol. The zero-order valence-corrected chi connectivity index (χ0v) is 19.5. The van der Waals surface area contributed by atoms with Gasteiger partial charge in [-0.1, -0.05) is 11.6 Å². The number of anilines is 2. The Morgan fingerprint density at radius 1 is 1.10 bits per heavy atom. The first-order chi connectivity index (χ1) is 14.7. The fourth-order valence-corrected chi connectivity index (χ4v) is 4.43. The van der Waals surface area contributed by atoms with Gasteiger partial charge in [-0.3, -0.25) is 10.1 Å². The summed E-state index contributed by atoms with van der Waals surface area (Å²) in [4.78, 5) is 14.6. The average Bonchev–Trinajstić information content (AvgIpc) is 2.73. The van der Waals surface area contributed by atoms with Crippen LogP contribution in [0, 0.1) is 0 Å². The first kappa shape index (κ1) is 23.3. The molecule has 1 amide bonds. The summed E-state index contributed by atoms with van der Waals surface area (Å²) in [5.74, 6) is -0.0396. The van der Waals surface area contributed by atoms with E-state index in [9.17, 15) is 13.2 Å². The molecule has 0 spiro atoms. The predicted octanol–water partition coefficient (Wildman–Crippen LogP) is 2.56. The molecule has 31 heavy (non-hydrogen) atoms. The molecule has 0 aromatic heterocycles. The van der Waals surface area contributed by atoms with Gasteiger partial charge in [-0.15, -0.1) is 0 Å². The summed E-state index contributed by atoms with van der Waals surface area (Å²) in [6.45, 7) is 2.16. The van der Waals surface area contributed by atoms with E-state index in [0.717, 1.165) is 5.69 Å². The Kier molecular flexibility index (Phi) is 7.37. The van der Waals surface area contributed by atoms with Crippen LogP contribution >= 0.6 is 23.8 Å². The first-order valence-electron chi connectivity index (χ1n) is 9.43. The van der Waals surface area contributed by atoms with Crippen LogP contribution in [0.4, 0.5) is 11.4 Å². The smallest absolute Gasteiger partial charge is 0.261 e. The van der Waals surface area contributed by atoms with Crippen molar-refractivity contribution in [2.75, 3.05) is 49.8 Å². The molecule has 2 aromatic carbocycles. The number of thiocarbonyl (C=S) groups is 1. The number of carbonyl (C=O) groups is 1. The number of nitrogens with zero attached hydrogens (tertiary/aromatic N) is 2. The van der Waals surface area contributed by atoms with Gasteiger partial charge in [0.2, 0.25) is 10.0 Å². The van der Waals surface area contributed by atoms with Crippen molar-refractivity contribution in [1.29, 1.82) is 0 Å². The van der Waals surface area contributed by atoms with Gasteiger partial charge in [0, 0.05) is 42.6 Å². The number of halogens is 1. The Hall–Kier alpha value is -2.40. The van der Waals surface area contributed by atoms with Gasteiger partial charge in [0.05, 0.1) is 18.9 Å². The molecule has 2 aromatic rings. The van der Waals surface area contributed by atoms with Crippen molar-refractivity contribution in [3.05, 3.63) is 53.1 Å². The molecule has 1 aliphatic rings. The molecule has 0 unspecified atom stereocenters. The molecule has 8 nitrogen and oxygen atoms in total. The molecule has 1 heterocycles. The Bertz CT molecular complexity index is 1070. The summed E-state index contributed by atoms with van der Waals surface area (Å²) in [6, 6.07) is 12.3. The highest BCUT2D eigenvalue weighted by atomic mass is 35.5. The monoisotopic (exact) mass is 482 g/mol. The summed E-state index contributed by atoms with van der Waals surface area (Å²) in [6.07, 6.45) is 1.23. The Balaban J connectivity index is 1.57. The van der Waals surface area contributed by atoms with Crippen molar-refractivity contribution >= 4 is 56.2 Å².